The molecular formula is C21H22N4O3S. The Hall–Kier alpha value is -2.97. The number of thiophene rings is 1. The van der Waals surface area contributed by atoms with Crippen molar-refractivity contribution in [3.63, 3.8) is 0 Å². The first kappa shape index (κ1) is 19.4. The Morgan fingerprint density at radius 1 is 1.24 bits per heavy atom. The van der Waals surface area contributed by atoms with Crippen molar-refractivity contribution in [3.8, 4) is 0 Å². The lowest BCUT2D eigenvalue weighted by Gasteiger charge is -2.41. The van der Waals surface area contributed by atoms with Crippen molar-refractivity contribution in [1.82, 2.24) is 14.7 Å². The maximum Gasteiger partial charge on any atom is 0.254 e. The summed E-state index contributed by atoms with van der Waals surface area (Å²) in [7, 11) is 3.40. The van der Waals surface area contributed by atoms with Crippen LogP contribution in [0.15, 0.2) is 54.0 Å². The van der Waals surface area contributed by atoms with E-state index in [1.54, 1.807) is 53.4 Å². The second kappa shape index (κ2) is 8.18. The Labute approximate surface area is 172 Å². The molecule has 1 N–H and O–H groups in total. The van der Waals surface area contributed by atoms with Crippen molar-refractivity contribution < 1.29 is 14.3 Å². The predicted octanol–water partition coefficient (Wildman–Crippen LogP) is 3.05. The average Bonchev–Trinajstić information content (AvgIpc) is 3.39. The normalized spacial score (nSPS) is 18.6. The summed E-state index contributed by atoms with van der Waals surface area (Å²) in [5.74, 6) is -0.343. The van der Waals surface area contributed by atoms with E-state index in [1.165, 1.54) is 0 Å². The zero-order valence-corrected chi connectivity index (χ0v) is 17.1. The third kappa shape index (κ3) is 3.68. The molecule has 0 saturated heterocycles. The number of nitrogens with zero attached hydrogens (tertiary/aromatic N) is 3. The molecule has 0 radical (unpaired) electrons. The summed E-state index contributed by atoms with van der Waals surface area (Å²) >= 11 is 1.54. The Balaban J connectivity index is 1.80. The summed E-state index contributed by atoms with van der Waals surface area (Å²) in [5, 5.41) is 9.14. The number of fused-ring (bicyclic) bond motifs is 1. The van der Waals surface area contributed by atoms with Gasteiger partial charge in [0, 0.05) is 43.4 Å². The Bertz CT molecular complexity index is 1010. The van der Waals surface area contributed by atoms with Gasteiger partial charge in [-0.05, 0) is 23.1 Å². The van der Waals surface area contributed by atoms with Crippen LogP contribution in [-0.4, -0.2) is 46.8 Å². The lowest BCUT2D eigenvalue weighted by Crippen LogP contribution is -2.47. The van der Waals surface area contributed by atoms with Gasteiger partial charge in [0.2, 0.25) is 5.91 Å². The molecule has 4 rings (SSSR count). The zero-order valence-electron chi connectivity index (χ0n) is 16.2. The number of aryl methyl sites for hydroxylation is 1. The molecule has 3 heterocycles. The molecule has 1 aliphatic heterocycles. The molecule has 150 valence electrons. The van der Waals surface area contributed by atoms with Crippen LogP contribution in [0.25, 0.3) is 0 Å². The SMILES string of the molecule is COCCN1C(=O)c2ccccc2C(C(=O)Nc2ccn(C)n2)C1c1cccs1. The third-order valence-corrected chi connectivity index (χ3v) is 6.00. The van der Waals surface area contributed by atoms with Crippen molar-refractivity contribution in [2.24, 2.45) is 7.05 Å². The van der Waals surface area contributed by atoms with E-state index in [2.05, 4.69) is 10.4 Å². The molecule has 2 aromatic heterocycles. The number of rotatable bonds is 6. The standard InChI is InChI=1S/C21H22N4O3S/c1-24-10-9-17(23-24)22-20(26)18-14-6-3-4-7-15(14)21(27)25(11-12-28-2)19(18)16-8-5-13-29-16/h3-10,13,18-19H,11-12H2,1-2H3,(H,22,23,26). The number of anilines is 1. The third-order valence-electron chi connectivity index (χ3n) is 5.06. The lowest BCUT2D eigenvalue weighted by molar-refractivity contribution is -0.119. The van der Waals surface area contributed by atoms with Crippen LogP contribution in [0.1, 0.15) is 32.8 Å². The van der Waals surface area contributed by atoms with Crippen molar-refractivity contribution in [2.75, 3.05) is 25.6 Å². The van der Waals surface area contributed by atoms with Gasteiger partial charge in [0.05, 0.1) is 18.6 Å². The first-order chi connectivity index (χ1) is 14.1. The van der Waals surface area contributed by atoms with E-state index in [0.29, 0.717) is 24.5 Å². The largest absolute Gasteiger partial charge is 0.383 e. The van der Waals surface area contributed by atoms with Crippen LogP contribution in [0.3, 0.4) is 0 Å². The summed E-state index contributed by atoms with van der Waals surface area (Å²) in [4.78, 5) is 29.4. The number of amides is 2. The van der Waals surface area contributed by atoms with Gasteiger partial charge in [0.1, 0.15) is 0 Å². The summed E-state index contributed by atoms with van der Waals surface area (Å²) in [6, 6.07) is 12.6. The summed E-state index contributed by atoms with van der Waals surface area (Å²) < 4.78 is 6.87. The van der Waals surface area contributed by atoms with Crippen LogP contribution in [0.4, 0.5) is 5.82 Å². The van der Waals surface area contributed by atoms with Gasteiger partial charge in [-0.1, -0.05) is 24.3 Å². The first-order valence-corrected chi connectivity index (χ1v) is 10.2. The molecule has 2 amide bonds. The topological polar surface area (TPSA) is 76.5 Å². The van der Waals surface area contributed by atoms with Crippen LogP contribution in [0, 0.1) is 0 Å². The molecule has 2 atom stereocenters. The second-order valence-electron chi connectivity index (χ2n) is 6.88. The highest BCUT2D eigenvalue weighted by Crippen LogP contribution is 2.44. The van der Waals surface area contributed by atoms with Gasteiger partial charge in [0.25, 0.3) is 5.91 Å². The molecule has 1 aliphatic rings. The highest BCUT2D eigenvalue weighted by molar-refractivity contribution is 7.10. The van der Waals surface area contributed by atoms with Crippen LogP contribution in [0.5, 0.6) is 0 Å². The summed E-state index contributed by atoms with van der Waals surface area (Å²) in [6.07, 6.45) is 1.77. The molecule has 0 saturated carbocycles. The van der Waals surface area contributed by atoms with Gasteiger partial charge in [-0.25, -0.2) is 0 Å². The number of carbonyl (C=O) groups is 2. The van der Waals surface area contributed by atoms with Crippen molar-refractivity contribution in [1.29, 1.82) is 0 Å². The van der Waals surface area contributed by atoms with Crippen LogP contribution in [0.2, 0.25) is 0 Å². The molecule has 0 bridgehead atoms. The van der Waals surface area contributed by atoms with E-state index >= 15 is 0 Å². The molecule has 29 heavy (non-hydrogen) atoms. The lowest BCUT2D eigenvalue weighted by atomic mass is 9.81. The minimum absolute atomic E-state index is 0.0852. The Morgan fingerprint density at radius 3 is 2.76 bits per heavy atom. The number of hydrogen-bond donors (Lipinski definition) is 1. The van der Waals surface area contributed by atoms with Gasteiger partial charge in [0.15, 0.2) is 5.82 Å². The Morgan fingerprint density at radius 2 is 2.07 bits per heavy atom. The fourth-order valence-corrected chi connectivity index (χ4v) is 4.65. The zero-order chi connectivity index (χ0) is 20.4. The molecule has 2 unspecified atom stereocenters. The number of methoxy groups -OCH3 is 1. The number of hydrogen-bond acceptors (Lipinski definition) is 5. The molecule has 0 fully saturated rings. The minimum atomic E-state index is -0.554. The van der Waals surface area contributed by atoms with Crippen LogP contribution < -0.4 is 5.32 Å². The number of aromatic nitrogens is 2. The molecule has 7 nitrogen and oxygen atoms in total. The molecule has 1 aromatic carbocycles. The molecule has 0 aliphatic carbocycles. The predicted molar refractivity (Wildman–Crippen MR) is 111 cm³/mol. The van der Waals surface area contributed by atoms with E-state index in [-0.39, 0.29) is 11.8 Å². The highest BCUT2D eigenvalue weighted by atomic mass is 32.1. The summed E-state index contributed by atoms with van der Waals surface area (Å²) in [5.41, 5.74) is 1.29. The van der Waals surface area contributed by atoms with E-state index < -0.39 is 12.0 Å². The molecule has 8 heteroatoms. The number of nitrogens with one attached hydrogen (secondary N) is 1. The molecule has 0 spiro atoms. The van der Waals surface area contributed by atoms with Gasteiger partial charge in [-0.15, -0.1) is 11.3 Å². The van der Waals surface area contributed by atoms with E-state index in [4.69, 9.17) is 4.74 Å². The fraction of sp³-hybridized carbons (Fsp3) is 0.286. The Kier molecular flexibility index (Phi) is 5.46. The molecular weight excluding hydrogens is 388 g/mol. The van der Waals surface area contributed by atoms with Gasteiger partial charge in [-0.2, -0.15) is 5.10 Å². The number of carbonyl (C=O) groups excluding carboxylic acids is 2. The van der Waals surface area contributed by atoms with Crippen LogP contribution in [-0.2, 0) is 16.6 Å². The smallest absolute Gasteiger partial charge is 0.254 e. The van der Waals surface area contributed by atoms with Crippen molar-refractivity contribution in [3.05, 3.63) is 70.0 Å². The number of ether oxygens (including phenoxy) is 1. The second-order valence-corrected chi connectivity index (χ2v) is 7.86. The van der Waals surface area contributed by atoms with E-state index in [0.717, 1.165) is 10.4 Å². The van der Waals surface area contributed by atoms with E-state index in [1.807, 2.05) is 35.7 Å². The van der Waals surface area contributed by atoms with Gasteiger partial charge < -0.3 is 15.0 Å². The van der Waals surface area contributed by atoms with E-state index in [9.17, 15) is 9.59 Å². The fourth-order valence-electron chi connectivity index (χ4n) is 3.77. The number of benzene rings is 1. The molecule has 3 aromatic rings. The maximum absolute atomic E-state index is 13.4. The quantitative estimate of drug-likeness (QED) is 0.678. The maximum atomic E-state index is 13.4. The monoisotopic (exact) mass is 410 g/mol. The average molecular weight is 410 g/mol. The van der Waals surface area contributed by atoms with Crippen LogP contribution >= 0.6 is 11.3 Å². The minimum Gasteiger partial charge on any atom is -0.383 e. The van der Waals surface area contributed by atoms with Gasteiger partial charge >= 0.3 is 0 Å². The first-order valence-electron chi connectivity index (χ1n) is 9.33. The van der Waals surface area contributed by atoms with Crippen molar-refractivity contribution >= 4 is 29.0 Å². The van der Waals surface area contributed by atoms with Gasteiger partial charge in [-0.3, -0.25) is 14.3 Å². The summed E-state index contributed by atoms with van der Waals surface area (Å²) in [6.45, 7) is 0.796. The highest BCUT2D eigenvalue weighted by Gasteiger charge is 2.44. The van der Waals surface area contributed by atoms with Crippen molar-refractivity contribution in [2.45, 2.75) is 12.0 Å².